The molecule has 3 aliphatic heterocycles. The number of benzene rings is 2. The van der Waals surface area contributed by atoms with E-state index in [9.17, 15) is 9.59 Å². The monoisotopic (exact) mass is 408 g/mol. The number of fused-ring (bicyclic) bond motifs is 6. The van der Waals surface area contributed by atoms with Gasteiger partial charge in [0, 0.05) is 18.5 Å². The predicted molar refractivity (Wildman–Crippen MR) is 117 cm³/mol. The summed E-state index contributed by atoms with van der Waals surface area (Å²) in [4.78, 5) is 32.0. The number of piperazine rings is 1. The van der Waals surface area contributed by atoms with Crippen LogP contribution in [-0.4, -0.2) is 58.1 Å². The Morgan fingerprint density at radius 1 is 1.17 bits per heavy atom. The van der Waals surface area contributed by atoms with E-state index in [2.05, 4.69) is 24.1 Å². The quantitative estimate of drug-likeness (QED) is 0.625. The summed E-state index contributed by atoms with van der Waals surface area (Å²) in [6, 6.07) is 12.9. The molecule has 3 aliphatic rings. The lowest BCUT2D eigenvalue weighted by Gasteiger charge is -2.36. The summed E-state index contributed by atoms with van der Waals surface area (Å²) in [5.41, 5.74) is 0.666. The van der Waals surface area contributed by atoms with Crippen molar-refractivity contribution in [2.24, 2.45) is 5.92 Å². The number of anilines is 1. The molecule has 2 bridgehead atoms. The van der Waals surface area contributed by atoms with E-state index in [4.69, 9.17) is 12.2 Å². The third-order valence-corrected chi connectivity index (χ3v) is 6.57. The Hall–Kier alpha value is -2.67. The lowest BCUT2D eigenvalue weighted by molar-refractivity contribution is -0.120. The molecule has 2 aromatic carbocycles. The van der Waals surface area contributed by atoms with Gasteiger partial charge in [-0.3, -0.25) is 4.79 Å². The van der Waals surface area contributed by atoms with Crippen molar-refractivity contribution < 1.29 is 9.59 Å². The molecule has 0 aliphatic carbocycles. The molecule has 0 radical (unpaired) electrons. The molecule has 0 saturated carbocycles. The molecule has 29 heavy (non-hydrogen) atoms. The standard InChI is InChI=1S/C22H24N4O2S/c1-13(2)11-23-21(29)24-12-15-10-18(24)19-20(27)26(22(28)25(15)19)17-9-5-7-14-6-3-4-8-16(14)17/h3-9,13,15,18-19H,10-12H2,1-2H3,(H,23,29)/t15-,18?,19+/m1/s1. The van der Waals surface area contributed by atoms with Crippen LogP contribution in [-0.2, 0) is 4.79 Å². The zero-order valence-corrected chi connectivity index (χ0v) is 17.4. The number of likely N-dealkylation sites (tertiary alicyclic amines) is 1. The van der Waals surface area contributed by atoms with Crippen molar-refractivity contribution in [1.82, 2.24) is 15.1 Å². The number of imide groups is 1. The van der Waals surface area contributed by atoms with Crippen molar-refractivity contribution in [1.29, 1.82) is 0 Å². The van der Waals surface area contributed by atoms with Gasteiger partial charge in [-0.25, -0.2) is 9.69 Å². The SMILES string of the molecule is CC(C)CNC(=S)N1C[C@H]2CC1[C@H]1C(=O)N(c3cccc4ccccc34)C(=O)N21. The summed E-state index contributed by atoms with van der Waals surface area (Å²) in [5.74, 6) is 0.344. The molecule has 150 valence electrons. The Morgan fingerprint density at radius 2 is 1.93 bits per heavy atom. The highest BCUT2D eigenvalue weighted by molar-refractivity contribution is 7.80. The lowest BCUT2D eigenvalue weighted by atomic mass is 10.1. The summed E-state index contributed by atoms with van der Waals surface area (Å²) in [7, 11) is 0. The van der Waals surface area contributed by atoms with E-state index in [1.54, 1.807) is 4.90 Å². The van der Waals surface area contributed by atoms with Crippen LogP contribution in [0, 0.1) is 5.92 Å². The zero-order chi connectivity index (χ0) is 20.3. The van der Waals surface area contributed by atoms with Crippen LogP contribution >= 0.6 is 12.2 Å². The minimum absolute atomic E-state index is 0.0280. The van der Waals surface area contributed by atoms with Crippen molar-refractivity contribution in [2.45, 2.75) is 38.4 Å². The average Bonchev–Trinajstić information content (AvgIpc) is 3.37. The number of hydrogen-bond donors (Lipinski definition) is 1. The van der Waals surface area contributed by atoms with Crippen LogP contribution in [0.1, 0.15) is 20.3 Å². The number of nitrogens with zero attached hydrogens (tertiary/aromatic N) is 3. The van der Waals surface area contributed by atoms with Gasteiger partial charge >= 0.3 is 6.03 Å². The predicted octanol–water partition coefficient (Wildman–Crippen LogP) is 2.96. The van der Waals surface area contributed by atoms with Gasteiger partial charge in [0.1, 0.15) is 6.04 Å². The number of amides is 3. The summed E-state index contributed by atoms with van der Waals surface area (Å²) in [6.45, 7) is 5.76. The first-order chi connectivity index (χ1) is 14.0. The molecular weight excluding hydrogens is 384 g/mol. The molecule has 0 spiro atoms. The number of carbonyl (C=O) groups excluding carboxylic acids is 2. The third-order valence-electron chi connectivity index (χ3n) is 6.19. The largest absolute Gasteiger partial charge is 0.362 e. The first-order valence-corrected chi connectivity index (χ1v) is 10.6. The molecule has 1 N–H and O–H groups in total. The molecule has 3 atom stereocenters. The fourth-order valence-electron chi connectivity index (χ4n) is 4.91. The van der Waals surface area contributed by atoms with Gasteiger partial charge in [0.05, 0.1) is 17.8 Å². The van der Waals surface area contributed by atoms with Gasteiger partial charge in [-0.2, -0.15) is 0 Å². The normalized spacial score (nSPS) is 25.5. The van der Waals surface area contributed by atoms with E-state index in [1.807, 2.05) is 42.5 Å². The molecule has 0 aromatic heterocycles. The Morgan fingerprint density at radius 3 is 2.72 bits per heavy atom. The molecular formula is C22H24N4O2S. The number of hydrogen-bond acceptors (Lipinski definition) is 3. The summed E-state index contributed by atoms with van der Waals surface area (Å²) < 4.78 is 0. The second-order valence-corrected chi connectivity index (χ2v) is 8.88. The van der Waals surface area contributed by atoms with Crippen molar-refractivity contribution in [3.63, 3.8) is 0 Å². The van der Waals surface area contributed by atoms with Crippen molar-refractivity contribution in [3.8, 4) is 0 Å². The fourth-order valence-corrected chi connectivity index (χ4v) is 5.20. The lowest BCUT2D eigenvalue weighted by Crippen LogP contribution is -2.57. The van der Waals surface area contributed by atoms with E-state index in [0.717, 1.165) is 23.7 Å². The van der Waals surface area contributed by atoms with Crippen molar-refractivity contribution in [2.75, 3.05) is 18.0 Å². The van der Waals surface area contributed by atoms with Gasteiger partial charge in [0.25, 0.3) is 5.91 Å². The van der Waals surface area contributed by atoms with Crippen molar-refractivity contribution in [3.05, 3.63) is 42.5 Å². The second kappa shape index (κ2) is 6.69. The van der Waals surface area contributed by atoms with E-state index < -0.39 is 6.04 Å². The highest BCUT2D eigenvalue weighted by Gasteiger charge is 2.62. The molecule has 3 saturated heterocycles. The average molecular weight is 409 g/mol. The van der Waals surface area contributed by atoms with Crippen LogP contribution in [0.25, 0.3) is 10.8 Å². The molecule has 3 amide bonds. The van der Waals surface area contributed by atoms with Gasteiger partial charge in [-0.05, 0) is 36.0 Å². The first kappa shape index (κ1) is 18.4. The van der Waals surface area contributed by atoms with Crippen LogP contribution in [0.15, 0.2) is 42.5 Å². The number of thiocarbonyl (C=S) groups is 1. The van der Waals surface area contributed by atoms with Crippen LogP contribution in [0.3, 0.4) is 0 Å². The highest BCUT2D eigenvalue weighted by Crippen LogP contribution is 2.43. The summed E-state index contributed by atoms with van der Waals surface area (Å²) >= 11 is 5.60. The van der Waals surface area contributed by atoms with Gasteiger partial charge in [0.15, 0.2) is 5.11 Å². The maximum atomic E-state index is 13.4. The Labute approximate surface area is 175 Å². The van der Waals surface area contributed by atoms with Gasteiger partial charge in [0.2, 0.25) is 0 Å². The number of nitrogens with one attached hydrogen (secondary N) is 1. The van der Waals surface area contributed by atoms with Crippen LogP contribution in [0.4, 0.5) is 10.5 Å². The molecule has 6 nitrogen and oxygen atoms in total. The Kier molecular flexibility index (Phi) is 4.24. The van der Waals surface area contributed by atoms with Gasteiger partial charge < -0.3 is 15.1 Å². The molecule has 1 unspecified atom stereocenters. The van der Waals surface area contributed by atoms with E-state index in [-0.39, 0.29) is 24.0 Å². The topological polar surface area (TPSA) is 55.9 Å². The molecule has 2 aromatic rings. The maximum Gasteiger partial charge on any atom is 0.332 e. The fraction of sp³-hybridized carbons (Fsp3) is 0.409. The van der Waals surface area contributed by atoms with Crippen LogP contribution in [0.2, 0.25) is 0 Å². The third kappa shape index (κ3) is 2.71. The molecule has 7 heteroatoms. The zero-order valence-electron chi connectivity index (χ0n) is 16.5. The molecule has 3 heterocycles. The van der Waals surface area contributed by atoms with Crippen molar-refractivity contribution >= 4 is 45.7 Å². The van der Waals surface area contributed by atoms with E-state index >= 15 is 0 Å². The van der Waals surface area contributed by atoms with E-state index in [1.165, 1.54) is 4.90 Å². The molecule has 5 rings (SSSR count). The Balaban J connectivity index is 1.45. The number of rotatable bonds is 3. The minimum atomic E-state index is -0.459. The smallest absolute Gasteiger partial charge is 0.332 e. The van der Waals surface area contributed by atoms with Crippen LogP contribution in [0.5, 0.6) is 0 Å². The number of carbonyl (C=O) groups is 2. The maximum absolute atomic E-state index is 13.4. The second-order valence-electron chi connectivity index (χ2n) is 8.50. The first-order valence-electron chi connectivity index (χ1n) is 10.2. The van der Waals surface area contributed by atoms with Gasteiger partial charge in [-0.1, -0.05) is 50.2 Å². The minimum Gasteiger partial charge on any atom is -0.362 e. The van der Waals surface area contributed by atoms with Gasteiger partial charge in [-0.15, -0.1) is 0 Å². The number of urea groups is 1. The highest BCUT2D eigenvalue weighted by atomic mass is 32.1. The summed E-state index contributed by atoms with van der Waals surface area (Å²) in [5, 5.41) is 5.93. The summed E-state index contributed by atoms with van der Waals surface area (Å²) in [6.07, 6.45) is 0.801. The Bertz CT molecular complexity index is 1020. The molecule has 3 fully saturated rings. The van der Waals surface area contributed by atoms with Crippen LogP contribution < -0.4 is 10.2 Å². The van der Waals surface area contributed by atoms with E-state index in [0.29, 0.717) is 23.3 Å².